The van der Waals surface area contributed by atoms with Crippen LogP contribution >= 0.6 is 15.9 Å². The molecular formula is C13H11BrN2O2. The summed E-state index contributed by atoms with van der Waals surface area (Å²) in [5.41, 5.74) is 1.35. The second-order valence-corrected chi connectivity index (χ2v) is 4.47. The predicted octanol–water partition coefficient (Wildman–Crippen LogP) is 3.37. The van der Waals surface area contributed by atoms with Crippen molar-refractivity contribution in [2.24, 2.45) is 0 Å². The Morgan fingerprint density at radius 1 is 1.33 bits per heavy atom. The van der Waals surface area contributed by atoms with Gasteiger partial charge in [-0.3, -0.25) is 0 Å². The van der Waals surface area contributed by atoms with E-state index in [1.807, 2.05) is 24.3 Å². The molecule has 2 rings (SSSR count). The van der Waals surface area contributed by atoms with Crippen LogP contribution in [0.1, 0.15) is 10.4 Å². The summed E-state index contributed by atoms with van der Waals surface area (Å²) < 4.78 is 5.63. The normalized spacial score (nSPS) is 9.89. The molecule has 5 heteroatoms. The summed E-state index contributed by atoms with van der Waals surface area (Å²) in [6.45, 7) is 0. The Labute approximate surface area is 113 Å². The molecule has 0 radical (unpaired) electrons. The lowest BCUT2D eigenvalue weighted by Crippen LogP contribution is -2.02. The summed E-state index contributed by atoms with van der Waals surface area (Å²) in [4.78, 5) is 15.5. The summed E-state index contributed by atoms with van der Waals surface area (Å²) in [5.74, 6) is 0.214. The number of halogens is 1. The van der Waals surface area contributed by atoms with E-state index in [4.69, 9.17) is 0 Å². The number of nitrogens with zero attached hydrogens (tertiary/aromatic N) is 1. The van der Waals surface area contributed by atoms with Crippen LogP contribution < -0.4 is 5.32 Å². The largest absolute Gasteiger partial charge is 0.465 e. The average Bonchev–Trinajstić information content (AvgIpc) is 2.38. The maximum absolute atomic E-state index is 11.4. The minimum atomic E-state index is -0.380. The van der Waals surface area contributed by atoms with E-state index in [0.29, 0.717) is 11.4 Å². The first-order valence-electron chi connectivity index (χ1n) is 5.26. The molecule has 0 aliphatic rings. The summed E-state index contributed by atoms with van der Waals surface area (Å²) in [7, 11) is 1.35. The molecule has 1 aromatic heterocycles. The standard InChI is InChI=1S/C13H11BrN2O2/c1-18-13(17)9-5-6-15-12(7-9)16-11-4-2-3-10(14)8-11/h2-8H,1H3,(H,15,16). The Bertz CT molecular complexity index is 572. The third kappa shape index (κ3) is 3.07. The van der Waals surface area contributed by atoms with Crippen LogP contribution in [0.5, 0.6) is 0 Å². The van der Waals surface area contributed by atoms with Gasteiger partial charge in [0.05, 0.1) is 12.7 Å². The van der Waals surface area contributed by atoms with Crippen LogP contribution in [-0.4, -0.2) is 18.1 Å². The number of esters is 1. The highest BCUT2D eigenvalue weighted by atomic mass is 79.9. The average molecular weight is 307 g/mol. The molecule has 0 aliphatic carbocycles. The van der Waals surface area contributed by atoms with E-state index in [-0.39, 0.29) is 5.97 Å². The zero-order valence-electron chi connectivity index (χ0n) is 9.68. The number of nitrogens with one attached hydrogen (secondary N) is 1. The van der Waals surface area contributed by atoms with Crippen molar-refractivity contribution in [2.45, 2.75) is 0 Å². The molecule has 0 saturated heterocycles. The molecule has 0 aliphatic heterocycles. The Morgan fingerprint density at radius 3 is 2.89 bits per heavy atom. The Kier molecular flexibility index (Phi) is 3.94. The zero-order valence-corrected chi connectivity index (χ0v) is 11.3. The molecule has 0 spiro atoms. The second kappa shape index (κ2) is 5.64. The molecule has 1 N–H and O–H groups in total. The van der Waals surface area contributed by atoms with Crippen LogP contribution in [0, 0.1) is 0 Å². The van der Waals surface area contributed by atoms with Gasteiger partial charge in [0.25, 0.3) is 0 Å². The highest BCUT2D eigenvalue weighted by Gasteiger charge is 2.06. The highest BCUT2D eigenvalue weighted by Crippen LogP contribution is 2.19. The van der Waals surface area contributed by atoms with Crippen LogP contribution in [0.4, 0.5) is 11.5 Å². The Balaban J connectivity index is 2.22. The van der Waals surface area contributed by atoms with Gasteiger partial charge >= 0.3 is 5.97 Å². The van der Waals surface area contributed by atoms with E-state index >= 15 is 0 Å². The number of rotatable bonds is 3. The molecule has 4 nitrogen and oxygen atoms in total. The van der Waals surface area contributed by atoms with Gasteiger partial charge in [0.1, 0.15) is 5.82 Å². The minimum Gasteiger partial charge on any atom is -0.465 e. The number of carbonyl (C=O) groups excluding carboxylic acids is 1. The van der Waals surface area contributed by atoms with Gasteiger partial charge < -0.3 is 10.1 Å². The van der Waals surface area contributed by atoms with E-state index < -0.39 is 0 Å². The fourth-order valence-electron chi connectivity index (χ4n) is 1.46. The number of anilines is 2. The fourth-order valence-corrected chi connectivity index (χ4v) is 1.86. The van der Waals surface area contributed by atoms with Crippen LogP contribution in [-0.2, 0) is 4.74 Å². The van der Waals surface area contributed by atoms with E-state index in [1.165, 1.54) is 7.11 Å². The number of aromatic nitrogens is 1. The summed E-state index contributed by atoms with van der Waals surface area (Å²) >= 11 is 3.39. The molecule has 18 heavy (non-hydrogen) atoms. The molecule has 0 unspecified atom stereocenters. The van der Waals surface area contributed by atoms with Gasteiger partial charge in [0, 0.05) is 16.4 Å². The molecule has 0 saturated carbocycles. The van der Waals surface area contributed by atoms with Crippen molar-refractivity contribution in [1.29, 1.82) is 0 Å². The van der Waals surface area contributed by atoms with Gasteiger partial charge in [-0.25, -0.2) is 9.78 Å². The van der Waals surface area contributed by atoms with Gasteiger partial charge in [0.2, 0.25) is 0 Å². The third-order valence-electron chi connectivity index (χ3n) is 2.28. The number of pyridine rings is 1. The number of methoxy groups -OCH3 is 1. The molecule has 0 atom stereocenters. The number of ether oxygens (including phenoxy) is 1. The topological polar surface area (TPSA) is 51.2 Å². The third-order valence-corrected chi connectivity index (χ3v) is 2.77. The molecule has 1 aromatic carbocycles. The Morgan fingerprint density at radius 2 is 2.17 bits per heavy atom. The Hall–Kier alpha value is -1.88. The van der Waals surface area contributed by atoms with Crippen molar-refractivity contribution in [2.75, 3.05) is 12.4 Å². The van der Waals surface area contributed by atoms with Crippen LogP contribution in [0.3, 0.4) is 0 Å². The first-order chi connectivity index (χ1) is 8.69. The van der Waals surface area contributed by atoms with Gasteiger partial charge in [0.15, 0.2) is 0 Å². The lowest BCUT2D eigenvalue weighted by atomic mass is 10.2. The van der Waals surface area contributed by atoms with E-state index in [1.54, 1.807) is 18.3 Å². The van der Waals surface area contributed by atoms with Crippen molar-refractivity contribution in [3.05, 3.63) is 52.6 Å². The van der Waals surface area contributed by atoms with E-state index in [2.05, 4.69) is 31.0 Å². The van der Waals surface area contributed by atoms with Crippen molar-refractivity contribution in [1.82, 2.24) is 4.98 Å². The number of hydrogen-bond donors (Lipinski definition) is 1. The summed E-state index contributed by atoms with van der Waals surface area (Å²) in [6, 6.07) is 10.9. The van der Waals surface area contributed by atoms with Crippen molar-refractivity contribution < 1.29 is 9.53 Å². The lowest BCUT2D eigenvalue weighted by Gasteiger charge is -2.07. The summed E-state index contributed by atoms with van der Waals surface area (Å²) in [5, 5.41) is 3.12. The quantitative estimate of drug-likeness (QED) is 0.883. The number of hydrogen-bond acceptors (Lipinski definition) is 4. The minimum absolute atomic E-state index is 0.380. The van der Waals surface area contributed by atoms with E-state index in [0.717, 1.165) is 10.2 Å². The number of benzene rings is 1. The molecular weight excluding hydrogens is 296 g/mol. The SMILES string of the molecule is COC(=O)c1ccnc(Nc2cccc(Br)c2)c1. The predicted molar refractivity (Wildman–Crippen MR) is 73.0 cm³/mol. The molecule has 1 heterocycles. The fraction of sp³-hybridized carbons (Fsp3) is 0.0769. The van der Waals surface area contributed by atoms with Crippen molar-refractivity contribution in [3.63, 3.8) is 0 Å². The smallest absolute Gasteiger partial charge is 0.338 e. The second-order valence-electron chi connectivity index (χ2n) is 3.56. The molecule has 2 aromatic rings. The zero-order chi connectivity index (χ0) is 13.0. The van der Waals surface area contributed by atoms with Crippen LogP contribution in [0.15, 0.2) is 47.1 Å². The summed E-state index contributed by atoms with van der Waals surface area (Å²) in [6.07, 6.45) is 1.56. The van der Waals surface area contributed by atoms with Crippen LogP contribution in [0.25, 0.3) is 0 Å². The van der Waals surface area contributed by atoms with Gasteiger partial charge in [-0.15, -0.1) is 0 Å². The number of carbonyl (C=O) groups is 1. The van der Waals surface area contributed by atoms with Gasteiger partial charge in [-0.2, -0.15) is 0 Å². The maximum atomic E-state index is 11.4. The van der Waals surface area contributed by atoms with Gasteiger partial charge in [-0.1, -0.05) is 22.0 Å². The van der Waals surface area contributed by atoms with Crippen molar-refractivity contribution in [3.8, 4) is 0 Å². The van der Waals surface area contributed by atoms with Crippen LogP contribution in [0.2, 0.25) is 0 Å². The monoisotopic (exact) mass is 306 g/mol. The lowest BCUT2D eigenvalue weighted by molar-refractivity contribution is 0.0600. The van der Waals surface area contributed by atoms with Gasteiger partial charge in [-0.05, 0) is 30.3 Å². The first-order valence-corrected chi connectivity index (χ1v) is 6.05. The van der Waals surface area contributed by atoms with Crippen molar-refractivity contribution >= 4 is 33.4 Å². The molecule has 92 valence electrons. The van der Waals surface area contributed by atoms with E-state index in [9.17, 15) is 4.79 Å². The molecule has 0 fully saturated rings. The first kappa shape index (κ1) is 12.6. The molecule has 0 bridgehead atoms. The highest BCUT2D eigenvalue weighted by molar-refractivity contribution is 9.10. The molecule has 0 amide bonds. The maximum Gasteiger partial charge on any atom is 0.338 e.